The van der Waals surface area contributed by atoms with Gasteiger partial charge in [0.05, 0.1) is 0 Å². The van der Waals surface area contributed by atoms with Crippen LogP contribution in [0.5, 0.6) is 0 Å². The molecule has 82 valence electrons. The van der Waals surface area contributed by atoms with Crippen LogP contribution < -0.4 is 0 Å². The molecular formula is C12H22O2. The van der Waals surface area contributed by atoms with Crippen molar-refractivity contribution in [2.75, 3.05) is 7.11 Å². The van der Waals surface area contributed by atoms with E-state index in [0.717, 1.165) is 12.8 Å². The van der Waals surface area contributed by atoms with Crippen molar-refractivity contribution < 1.29 is 9.53 Å². The van der Waals surface area contributed by atoms with E-state index in [4.69, 9.17) is 4.74 Å². The number of carbonyl (C=O) groups excluding carboxylic acids is 1. The van der Waals surface area contributed by atoms with Crippen LogP contribution in [-0.4, -0.2) is 18.5 Å². The topological polar surface area (TPSA) is 26.3 Å². The van der Waals surface area contributed by atoms with Crippen molar-refractivity contribution in [3.05, 3.63) is 0 Å². The van der Waals surface area contributed by atoms with Crippen molar-refractivity contribution in [1.82, 2.24) is 0 Å². The Balaban J connectivity index is 2.77. The van der Waals surface area contributed by atoms with Crippen LogP contribution in [-0.2, 0) is 9.53 Å². The lowest BCUT2D eigenvalue weighted by atomic mass is 9.67. The lowest BCUT2D eigenvalue weighted by Crippen LogP contribution is -2.45. The van der Waals surface area contributed by atoms with Gasteiger partial charge in [0.25, 0.3) is 0 Å². The number of methoxy groups -OCH3 is 1. The predicted molar refractivity (Wildman–Crippen MR) is 57.2 cm³/mol. The summed E-state index contributed by atoms with van der Waals surface area (Å²) >= 11 is 0. The Bertz CT molecular complexity index is 227. The van der Waals surface area contributed by atoms with Gasteiger partial charge in [0.1, 0.15) is 5.60 Å². The van der Waals surface area contributed by atoms with Crippen LogP contribution in [0.2, 0.25) is 0 Å². The van der Waals surface area contributed by atoms with Gasteiger partial charge in [0, 0.05) is 13.5 Å². The summed E-state index contributed by atoms with van der Waals surface area (Å²) in [7, 11) is 1.64. The lowest BCUT2D eigenvalue weighted by Gasteiger charge is -2.41. The summed E-state index contributed by atoms with van der Waals surface area (Å²) in [5.74, 6) is 0.852. The SMILES string of the molecule is CO[C@@]1(C)C[C@@H](C(C)(C)C)CCC1=O. The molecule has 0 heterocycles. The summed E-state index contributed by atoms with van der Waals surface area (Å²) in [6.07, 6.45) is 2.55. The van der Waals surface area contributed by atoms with Crippen molar-refractivity contribution in [3.8, 4) is 0 Å². The van der Waals surface area contributed by atoms with E-state index in [1.54, 1.807) is 7.11 Å². The van der Waals surface area contributed by atoms with Gasteiger partial charge < -0.3 is 4.74 Å². The molecule has 0 aromatic heterocycles. The Morgan fingerprint density at radius 1 is 1.43 bits per heavy atom. The lowest BCUT2D eigenvalue weighted by molar-refractivity contribution is -0.147. The average molecular weight is 198 g/mol. The van der Waals surface area contributed by atoms with Crippen LogP contribution in [0, 0.1) is 11.3 Å². The van der Waals surface area contributed by atoms with Crippen LogP contribution in [0.25, 0.3) is 0 Å². The van der Waals surface area contributed by atoms with Gasteiger partial charge in [-0.15, -0.1) is 0 Å². The number of hydrogen-bond donors (Lipinski definition) is 0. The van der Waals surface area contributed by atoms with Crippen LogP contribution in [0.1, 0.15) is 47.0 Å². The quantitative estimate of drug-likeness (QED) is 0.647. The van der Waals surface area contributed by atoms with Gasteiger partial charge in [-0.3, -0.25) is 4.79 Å². The molecule has 1 aliphatic rings. The first kappa shape index (κ1) is 11.7. The largest absolute Gasteiger partial charge is 0.371 e. The van der Waals surface area contributed by atoms with Crippen LogP contribution >= 0.6 is 0 Å². The molecule has 0 bridgehead atoms. The van der Waals surface area contributed by atoms with E-state index < -0.39 is 5.60 Å². The van der Waals surface area contributed by atoms with Crippen molar-refractivity contribution in [2.45, 2.75) is 52.6 Å². The number of ketones is 1. The third-order valence-electron chi connectivity index (χ3n) is 3.62. The summed E-state index contributed by atoms with van der Waals surface area (Å²) in [5, 5.41) is 0. The second-order valence-corrected chi connectivity index (χ2v) is 5.66. The molecule has 0 saturated heterocycles. The molecule has 1 saturated carbocycles. The molecule has 0 amide bonds. The molecule has 0 unspecified atom stereocenters. The highest BCUT2D eigenvalue weighted by Crippen LogP contribution is 2.41. The molecule has 0 radical (unpaired) electrons. The Kier molecular flexibility index (Phi) is 3.05. The van der Waals surface area contributed by atoms with E-state index in [0.29, 0.717) is 12.3 Å². The van der Waals surface area contributed by atoms with Gasteiger partial charge >= 0.3 is 0 Å². The number of carbonyl (C=O) groups is 1. The summed E-state index contributed by atoms with van der Waals surface area (Å²) in [6.45, 7) is 8.64. The van der Waals surface area contributed by atoms with Crippen LogP contribution in [0.4, 0.5) is 0 Å². The van der Waals surface area contributed by atoms with E-state index in [2.05, 4.69) is 20.8 Å². The third kappa shape index (κ3) is 2.17. The van der Waals surface area contributed by atoms with Gasteiger partial charge in [0.15, 0.2) is 5.78 Å². The second kappa shape index (κ2) is 3.65. The zero-order valence-corrected chi connectivity index (χ0v) is 10.0. The molecule has 0 aromatic rings. The highest BCUT2D eigenvalue weighted by atomic mass is 16.5. The Hall–Kier alpha value is -0.370. The number of ether oxygens (including phenoxy) is 1. The van der Waals surface area contributed by atoms with Crippen molar-refractivity contribution in [3.63, 3.8) is 0 Å². The molecule has 1 rings (SSSR count). The summed E-state index contributed by atoms with van der Waals surface area (Å²) in [5.41, 5.74) is -0.253. The zero-order valence-electron chi connectivity index (χ0n) is 10.0. The van der Waals surface area contributed by atoms with E-state index >= 15 is 0 Å². The average Bonchev–Trinajstić information content (AvgIpc) is 2.08. The van der Waals surface area contributed by atoms with Gasteiger partial charge in [-0.05, 0) is 31.1 Å². The minimum atomic E-state index is -0.532. The monoisotopic (exact) mass is 198 g/mol. The number of hydrogen-bond acceptors (Lipinski definition) is 2. The molecule has 14 heavy (non-hydrogen) atoms. The molecule has 2 heteroatoms. The minimum absolute atomic E-state index is 0.264. The van der Waals surface area contributed by atoms with Gasteiger partial charge in [-0.25, -0.2) is 0 Å². The maximum Gasteiger partial charge on any atom is 0.164 e. The van der Waals surface area contributed by atoms with Crippen LogP contribution in [0.15, 0.2) is 0 Å². The fraction of sp³-hybridized carbons (Fsp3) is 0.917. The van der Waals surface area contributed by atoms with Crippen molar-refractivity contribution in [1.29, 1.82) is 0 Å². The standard InChI is InChI=1S/C12H22O2/c1-11(2,3)9-6-7-10(13)12(4,8-9)14-5/h9H,6-8H2,1-5H3/t9-,12-/m0/s1. The molecule has 0 aromatic carbocycles. The van der Waals surface area contributed by atoms with Gasteiger partial charge in [-0.2, -0.15) is 0 Å². The predicted octanol–water partition coefficient (Wildman–Crippen LogP) is 2.81. The molecule has 1 fully saturated rings. The van der Waals surface area contributed by atoms with Gasteiger partial charge in [0.2, 0.25) is 0 Å². The summed E-state index contributed by atoms with van der Waals surface area (Å²) < 4.78 is 5.37. The molecule has 1 aliphatic carbocycles. The fourth-order valence-corrected chi connectivity index (χ4v) is 2.19. The molecule has 0 spiro atoms. The van der Waals surface area contributed by atoms with E-state index in [9.17, 15) is 4.79 Å². The van der Waals surface area contributed by atoms with Crippen molar-refractivity contribution in [2.24, 2.45) is 11.3 Å². The first-order valence-corrected chi connectivity index (χ1v) is 5.38. The number of Topliss-reactive ketones (excluding diaryl/α,β-unsaturated/α-hetero) is 1. The Morgan fingerprint density at radius 3 is 2.43 bits per heavy atom. The van der Waals surface area contributed by atoms with Crippen LogP contribution in [0.3, 0.4) is 0 Å². The first-order valence-electron chi connectivity index (χ1n) is 5.38. The summed E-state index contributed by atoms with van der Waals surface area (Å²) in [4.78, 5) is 11.7. The molecule has 2 atom stereocenters. The highest BCUT2D eigenvalue weighted by molar-refractivity contribution is 5.87. The zero-order chi connectivity index (χ0) is 11.0. The Morgan fingerprint density at radius 2 is 2.00 bits per heavy atom. The van der Waals surface area contributed by atoms with Crippen molar-refractivity contribution >= 4 is 5.78 Å². The Labute approximate surface area is 87.0 Å². The third-order valence-corrected chi connectivity index (χ3v) is 3.62. The smallest absolute Gasteiger partial charge is 0.164 e. The molecule has 2 nitrogen and oxygen atoms in total. The normalized spacial score (nSPS) is 34.6. The number of rotatable bonds is 1. The summed E-state index contributed by atoms with van der Waals surface area (Å²) in [6, 6.07) is 0. The maximum absolute atomic E-state index is 11.7. The second-order valence-electron chi connectivity index (χ2n) is 5.66. The highest BCUT2D eigenvalue weighted by Gasteiger charge is 2.42. The first-order chi connectivity index (χ1) is 6.29. The molecule has 0 aliphatic heterocycles. The van der Waals surface area contributed by atoms with E-state index in [1.807, 2.05) is 6.92 Å². The molecule has 0 N–H and O–H groups in total. The fourth-order valence-electron chi connectivity index (χ4n) is 2.19. The van der Waals surface area contributed by atoms with E-state index in [1.165, 1.54) is 0 Å². The maximum atomic E-state index is 11.7. The van der Waals surface area contributed by atoms with E-state index in [-0.39, 0.29) is 11.2 Å². The minimum Gasteiger partial charge on any atom is -0.371 e. The van der Waals surface area contributed by atoms with Gasteiger partial charge in [-0.1, -0.05) is 20.8 Å². The molecular weight excluding hydrogens is 176 g/mol.